The molecule has 4 aromatic rings. The Balaban J connectivity index is 1.12. The van der Waals surface area contributed by atoms with Gasteiger partial charge in [0.05, 0.1) is 12.8 Å². The molecule has 1 aliphatic heterocycles. The molecule has 2 amide bonds. The predicted molar refractivity (Wildman–Crippen MR) is 154 cm³/mol. The Bertz CT molecular complexity index is 1500. The lowest BCUT2D eigenvalue weighted by Crippen LogP contribution is -2.31. The SMILES string of the molecule is CC(C)(C)c1cc(NC(=O)Nc2ccc(C#Cc3cn4nc(OCCCN5CCCCC5)ccc4n3)cc2)no1. The number of imidazole rings is 1. The smallest absolute Gasteiger partial charge is 0.324 e. The van der Waals surface area contributed by atoms with Gasteiger partial charge in [-0.05, 0) is 68.6 Å². The van der Waals surface area contributed by atoms with Gasteiger partial charge < -0.3 is 19.5 Å². The van der Waals surface area contributed by atoms with E-state index in [-0.39, 0.29) is 5.41 Å². The number of rotatable bonds is 7. The molecule has 3 aromatic heterocycles. The number of fused-ring (bicyclic) bond motifs is 1. The topological polar surface area (TPSA) is 110 Å². The Morgan fingerprint density at radius 3 is 2.60 bits per heavy atom. The van der Waals surface area contributed by atoms with Crippen molar-refractivity contribution in [3.05, 3.63) is 65.7 Å². The van der Waals surface area contributed by atoms with Crippen molar-refractivity contribution in [3.63, 3.8) is 0 Å². The zero-order chi connectivity index (χ0) is 28.0. The highest BCUT2D eigenvalue weighted by atomic mass is 16.5. The van der Waals surface area contributed by atoms with Gasteiger partial charge in [-0.1, -0.05) is 38.3 Å². The first kappa shape index (κ1) is 27.2. The Hall–Kier alpha value is -4.36. The van der Waals surface area contributed by atoms with Crippen LogP contribution in [0.4, 0.5) is 16.3 Å². The van der Waals surface area contributed by atoms with Gasteiger partial charge >= 0.3 is 6.03 Å². The fraction of sp³-hybridized carbons (Fsp3) is 0.400. The Kier molecular flexibility index (Phi) is 8.31. The normalized spacial score (nSPS) is 14.0. The van der Waals surface area contributed by atoms with Crippen LogP contribution in [0.3, 0.4) is 0 Å². The minimum absolute atomic E-state index is 0.191. The van der Waals surface area contributed by atoms with E-state index in [4.69, 9.17) is 9.26 Å². The van der Waals surface area contributed by atoms with Gasteiger partial charge in [-0.3, -0.25) is 5.32 Å². The second-order valence-electron chi connectivity index (χ2n) is 10.9. The molecule has 0 aliphatic carbocycles. The lowest BCUT2D eigenvalue weighted by molar-refractivity contribution is 0.202. The van der Waals surface area contributed by atoms with Gasteiger partial charge in [-0.2, -0.15) is 0 Å². The standard InChI is InChI=1S/C30H35N7O3/c1-30(2,3)25-20-26(35-40-25)33-29(38)32-23-11-8-22(9-12-23)10-13-24-21-37-27(31-24)14-15-28(34-37)39-19-7-18-36-16-5-4-6-17-36/h8-9,11-12,14-15,20-21H,4-7,16-19H2,1-3H3,(H2,32,33,35,38). The average molecular weight is 542 g/mol. The van der Waals surface area contributed by atoms with E-state index in [1.807, 2.05) is 45.0 Å². The molecule has 0 bridgehead atoms. The van der Waals surface area contributed by atoms with Crippen molar-refractivity contribution in [2.45, 2.75) is 51.9 Å². The number of amides is 2. The van der Waals surface area contributed by atoms with Crippen LogP contribution < -0.4 is 15.4 Å². The summed E-state index contributed by atoms with van der Waals surface area (Å²) in [7, 11) is 0. The first-order valence-corrected chi connectivity index (χ1v) is 13.7. The Labute approximate surface area is 234 Å². The average Bonchev–Trinajstić information content (AvgIpc) is 3.58. The fourth-order valence-electron chi connectivity index (χ4n) is 4.39. The molecule has 0 spiro atoms. The van der Waals surface area contributed by atoms with E-state index in [9.17, 15) is 4.79 Å². The predicted octanol–water partition coefficient (Wildman–Crippen LogP) is 5.31. The molecule has 10 heteroatoms. The molecular weight excluding hydrogens is 506 g/mol. The molecule has 1 aliphatic rings. The lowest BCUT2D eigenvalue weighted by atomic mass is 9.93. The number of hydrogen-bond acceptors (Lipinski definition) is 7. The number of piperidine rings is 1. The molecule has 0 radical (unpaired) electrons. The van der Waals surface area contributed by atoms with Gasteiger partial charge in [0.25, 0.3) is 0 Å². The highest BCUT2D eigenvalue weighted by Gasteiger charge is 2.20. The highest BCUT2D eigenvalue weighted by Crippen LogP contribution is 2.24. The molecule has 10 nitrogen and oxygen atoms in total. The third-order valence-electron chi connectivity index (χ3n) is 6.58. The van der Waals surface area contributed by atoms with E-state index in [1.165, 1.54) is 32.4 Å². The van der Waals surface area contributed by atoms with Gasteiger partial charge in [0, 0.05) is 35.3 Å². The van der Waals surface area contributed by atoms with Crippen molar-refractivity contribution < 1.29 is 14.1 Å². The summed E-state index contributed by atoms with van der Waals surface area (Å²) in [5.41, 5.74) is 2.54. The van der Waals surface area contributed by atoms with Crippen LogP contribution in [0.15, 0.2) is 53.2 Å². The van der Waals surface area contributed by atoms with Crippen LogP contribution >= 0.6 is 0 Å². The quantitative estimate of drug-likeness (QED) is 0.241. The summed E-state index contributed by atoms with van der Waals surface area (Å²) in [4.78, 5) is 19.4. The minimum Gasteiger partial charge on any atom is -0.477 e. The van der Waals surface area contributed by atoms with Crippen molar-refractivity contribution in [3.8, 4) is 17.7 Å². The van der Waals surface area contributed by atoms with Crippen molar-refractivity contribution in [2.24, 2.45) is 0 Å². The molecule has 0 unspecified atom stereocenters. The van der Waals surface area contributed by atoms with Crippen LogP contribution in [0.1, 0.15) is 63.5 Å². The Morgan fingerprint density at radius 1 is 1.05 bits per heavy atom. The highest BCUT2D eigenvalue weighted by molar-refractivity contribution is 5.99. The van der Waals surface area contributed by atoms with E-state index in [2.05, 4.69) is 42.6 Å². The van der Waals surface area contributed by atoms with Crippen molar-refractivity contribution >= 4 is 23.2 Å². The third kappa shape index (κ3) is 7.39. The number of carbonyl (C=O) groups excluding carboxylic acids is 1. The molecule has 0 saturated carbocycles. The number of urea groups is 1. The number of hydrogen-bond donors (Lipinski definition) is 2. The van der Waals surface area contributed by atoms with E-state index < -0.39 is 6.03 Å². The van der Waals surface area contributed by atoms with Crippen LogP contribution in [0.25, 0.3) is 5.65 Å². The third-order valence-corrected chi connectivity index (χ3v) is 6.58. The summed E-state index contributed by atoms with van der Waals surface area (Å²) in [6.45, 7) is 10.1. The van der Waals surface area contributed by atoms with Gasteiger partial charge in [0.2, 0.25) is 5.88 Å². The summed E-state index contributed by atoms with van der Waals surface area (Å²) in [6.07, 6.45) is 6.73. The summed E-state index contributed by atoms with van der Waals surface area (Å²) in [6, 6.07) is 12.3. The van der Waals surface area contributed by atoms with Gasteiger partial charge in [0.1, 0.15) is 11.5 Å². The van der Waals surface area contributed by atoms with Crippen molar-refractivity contribution in [2.75, 3.05) is 36.9 Å². The molecular formula is C30H35N7O3. The summed E-state index contributed by atoms with van der Waals surface area (Å²) in [5.74, 6) is 7.82. The molecule has 2 N–H and O–H groups in total. The van der Waals surface area contributed by atoms with Crippen LogP contribution in [-0.2, 0) is 5.41 Å². The number of ether oxygens (including phenoxy) is 1. The van der Waals surface area contributed by atoms with Gasteiger partial charge in [0.15, 0.2) is 11.5 Å². The van der Waals surface area contributed by atoms with Crippen molar-refractivity contribution in [1.82, 2.24) is 24.7 Å². The van der Waals surface area contributed by atoms with Gasteiger partial charge in [-0.15, -0.1) is 5.10 Å². The second-order valence-corrected chi connectivity index (χ2v) is 10.9. The molecule has 40 heavy (non-hydrogen) atoms. The lowest BCUT2D eigenvalue weighted by Gasteiger charge is -2.26. The number of likely N-dealkylation sites (tertiary alicyclic amines) is 1. The second kappa shape index (κ2) is 12.2. The largest absolute Gasteiger partial charge is 0.477 e. The first-order valence-electron chi connectivity index (χ1n) is 13.7. The van der Waals surface area contributed by atoms with Crippen LogP contribution in [0.5, 0.6) is 5.88 Å². The van der Waals surface area contributed by atoms with Crippen LogP contribution in [0, 0.1) is 11.8 Å². The number of benzene rings is 1. The molecule has 208 valence electrons. The van der Waals surface area contributed by atoms with E-state index in [0.29, 0.717) is 41.1 Å². The summed E-state index contributed by atoms with van der Waals surface area (Å²) in [5, 5.41) is 13.9. The summed E-state index contributed by atoms with van der Waals surface area (Å²) < 4.78 is 12.9. The van der Waals surface area contributed by atoms with E-state index in [1.54, 1.807) is 28.9 Å². The maximum absolute atomic E-state index is 12.3. The number of carbonyl (C=O) groups is 1. The van der Waals surface area contributed by atoms with Crippen LogP contribution in [0.2, 0.25) is 0 Å². The molecule has 1 saturated heterocycles. The maximum Gasteiger partial charge on any atom is 0.324 e. The number of anilines is 2. The van der Waals surface area contributed by atoms with Crippen molar-refractivity contribution in [1.29, 1.82) is 0 Å². The molecule has 1 aromatic carbocycles. The molecule has 5 rings (SSSR count). The molecule has 4 heterocycles. The fourth-order valence-corrected chi connectivity index (χ4v) is 4.39. The number of aromatic nitrogens is 4. The molecule has 0 atom stereocenters. The number of nitrogens with zero attached hydrogens (tertiary/aromatic N) is 5. The zero-order valence-corrected chi connectivity index (χ0v) is 23.2. The maximum atomic E-state index is 12.3. The monoisotopic (exact) mass is 541 g/mol. The Morgan fingerprint density at radius 2 is 1.85 bits per heavy atom. The van der Waals surface area contributed by atoms with E-state index in [0.717, 1.165) is 18.5 Å². The zero-order valence-electron chi connectivity index (χ0n) is 23.2. The minimum atomic E-state index is -0.407. The molecule has 1 fully saturated rings. The summed E-state index contributed by atoms with van der Waals surface area (Å²) >= 11 is 0. The van der Waals surface area contributed by atoms with E-state index >= 15 is 0 Å². The van der Waals surface area contributed by atoms with Crippen LogP contribution in [-0.4, -0.2) is 56.9 Å². The number of nitrogens with one attached hydrogen (secondary N) is 2. The van der Waals surface area contributed by atoms with Gasteiger partial charge in [-0.25, -0.2) is 14.3 Å². The first-order chi connectivity index (χ1) is 19.3.